The van der Waals surface area contributed by atoms with Crippen molar-refractivity contribution >= 4 is 11.8 Å². The summed E-state index contributed by atoms with van der Waals surface area (Å²) in [6.45, 7) is 3.65. The average Bonchev–Trinajstić information content (AvgIpc) is 2.55. The highest BCUT2D eigenvalue weighted by Gasteiger charge is 2.16. The molecule has 2 rings (SSSR count). The van der Waals surface area contributed by atoms with Gasteiger partial charge in [-0.15, -0.1) is 0 Å². The van der Waals surface area contributed by atoms with Gasteiger partial charge in [0, 0.05) is 6.42 Å². The van der Waals surface area contributed by atoms with E-state index >= 15 is 0 Å². The first-order valence-corrected chi connectivity index (χ1v) is 7.55. The number of pyridine rings is 1. The van der Waals surface area contributed by atoms with Crippen molar-refractivity contribution in [3.05, 3.63) is 59.3 Å². The first-order valence-electron chi connectivity index (χ1n) is 7.55. The molecule has 0 aliphatic heterocycles. The zero-order valence-electron chi connectivity index (χ0n) is 13.6. The summed E-state index contributed by atoms with van der Waals surface area (Å²) in [7, 11) is 1.34. The maximum atomic E-state index is 11.6. The molecular weight excluding hydrogens is 292 g/mol. The standard InChI is InChI=1S/C18H22N2O3/c1-12-15(18(22)23-3)9-10-17(19-12)20-13(2)16(21)11-14-7-5-4-6-8-14/h4-10,13,16,21H,11H2,1-3H3,(H,19,20). The Hall–Kier alpha value is -2.40. The van der Waals surface area contributed by atoms with Gasteiger partial charge in [0.15, 0.2) is 0 Å². The molecule has 1 aromatic carbocycles. The van der Waals surface area contributed by atoms with Crippen LogP contribution in [0.15, 0.2) is 42.5 Å². The van der Waals surface area contributed by atoms with E-state index in [-0.39, 0.29) is 6.04 Å². The minimum Gasteiger partial charge on any atom is -0.465 e. The molecule has 122 valence electrons. The number of carbonyl (C=O) groups is 1. The average molecular weight is 314 g/mol. The lowest BCUT2D eigenvalue weighted by molar-refractivity contribution is 0.0599. The van der Waals surface area contributed by atoms with E-state index in [4.69, 9.17) is 4.74 Å². The van der Waals surface area contributed by atoms with Crippen molar-refractivity contribution in [1.29, 1.82) is 0 Å². The fraction of sp³-hybridized carbons (Fsp3) is 0.333. The van der Waals surface area contributed by atoms with Crippen LogP contribution in [0.25, 0.3) is 0 Å². The quantitative estimate of drug-likeness (QED) is 0.802. The molecule has 0 saturated carbocycles. The lowest BCUT2D eigenvalue weighted by Gasteiger charge is -2.21. The number of aryl methyl sites for hydroxylation is 1. The molecule has 2 N–H and O–H groups in total. The van der Waals surface area contributed by atoms with Crippen LogP contribution in [0.1, 0.15) is 28.5 Å². The highest BCUT2D eigenvalue weighted by atomic mass is 16.5. The van der Waals surface area contributed by atoms with Crippen LogP contribution < -0.4 is 5.32 Å². The molecule has 2 unspecified atom stereocenters. The van der Waals surface area contributed by atoms with Crippen LogP contribution in [-0.2, 0) is 11.2 Å². The number of rotatable bonds is 6. The molecular formula is C18H22N2O3. The number of anilines is 1. The maximum Gasteiger partial charge on any atom is 0.339 e. The molecule has 1 heterocycles. The second-order valence-corrected chi connectivity index (χ2v) is 5.51. The second-order valence-electron chi connectivity index (χ2n) is 5.51. The molecule has 2 aromatic rings. The normalized spacial score (nSPS) is 13.2. The van der Waals surface area contributed by atoms with E-state index in [1.807, 2.05) is 37.3 Å². The number of nitrogens with one attached hydrogen (secondary N) is 1. The predicted octanol–water partition coefficient (Wildman–Crippen LogP) is 2.58. The molecule has 0 aliphatic carbocycles. The number of hydrogen-bond acceptors (Lipinski definition) is 5. The molecule has 2 atom stereocenters. The highest BCUT2D eigenvalue weighted by Crippen LogP contribution is 2.14. The monoisotopic (exact) mass is 314 g/mol. The number of aliphatic hydroxyl groups is 1. The van der Waals surface area contributed by atoms with Gasteiger partial charge in [0.1, 0.15) is 5.82 Å². The molecule has 0 aliphatic rings. The molecule has 0 fully saturated rings. The number of esters is 1. The fourth-order valence-corrected chi connectivity index (χ4v) is 2.33. The third-order valence-electron chi connectivity index (χ3n) is 3.73. The summed E-state index contributed by atoms with van der Waals surface area (Å²) in [5.74, 6) is 0.216. The van der Waals surface area contributed by atoms with E-state index in [0.717, 1.165) is 5.56 Å². The lowest BCUT2D eigenvalue weighted by Crippen LogP contribution is -2.32. The van der Waals surface area contributed by atoms with Gasteiger partial charge in [-0.1, -0.05) is 30.3 Å². The number of benzene rings is 1. The van der Waals surface area contributed by atoms with Crippen LogP contribution in [0.4, 0.5) is 5.82 Å². The van der Waals surface area contributed by atoms with Gasteiger partial charge in [0.2, 0.25) is 0 Å². The highest BCUT2D eigenvalue weighted by molar-refractivity contribution is 5.90. The van der Waals surface area contributed by atoms with Gasteiger partial charge in [0.05, 0.1) is 30.5 Å². The van der Waals surface area contributed by atoms with E-state index in [1.165, 1.54) is 7.11 Å². The minimum absolute atomic E-state index is 0.175. The molecule has 0 spiro atoms. The van der Waals surface area contributed by atoms with E-state index in [0.29, 0.717) is 23.5 Å². The predicted molar refractivity (Wildman–Crippen MR) is 89.6 cm³/mol. The van der Waals surface area contributed by atoms with Crippen LogP contribution in [0.2, 0.25) is 0 Å². The molecule has 0 bridgehead atoms. The lowest BCUT2D eigenvalue weighted by atomic mass is 10.0. The zero-order chi connectivity index (χ0) is 16.8. The zero-order valence-corrected chi connectivity index (χ0v) is 13.6. The van der Waals surface area contributed by atoms with Crippen LogP contribution >= 0.6 is 0 Å². The van der Waals surface area contributed by atoms with Gasteiger partial charge in [0.25, 0.3) is 0 Å². The molecule has 0 saturated heterocycles. The molecule has 1 aromatic heterocycles. The van der Waals surface area contributed by atoms with Crippen LogP contribution in [0.5, 0.6) is 0 Å². The number of nitrogens with zero attached hydrogens (tertiary/aromatic N) is 1. The van der Waals surface area contributed by atoms with Crippen molar-refractivity contribution in [2.45, 2.75) is 32.4 Å². The van der Waals surface area contributed by atoms with E-state index in [9.17, 15) is 9.90 Å². The summed E-state index contributed by atoms with van der Waals surface area (Å²) in [6, 6.07) is 13.1. The van der Waals surface area contributed by atoms with Gasteiger partial charge in [-0.2, -0.15) is 0 Å². The van der Waals surface area contributed by atoms with E-state index in [2.05, 4.69) is 10.3 Å². The maximum absolute atomic E-state index is 11.6. The Bertz CT molecular complexity index is 659. The molecule has 5 nitrogen and oxygen atoms in total. The van der Waals surface area contributed by atoms with Crippen molar-refractivity contribution in [2.75, 3.05) is 12.4 Å². The van der Waals surface area contributed by atoms with Gasteiger partial charge in [-0.3, -0.25) is 0 Å². The topological polar surface area (TPSA) is 71.5 Å². The number of aromatic nitrogens is 1. The van der Waals surface area contributed by atoms with Gasteiger partial charge in [-0.25, -0.2) is 9.78 Å². The molecule has 5 heteroatoms. The second kappa shape index (κ2) is 7.74. The van der Waals surface area contributed by atoms with Gasteiger partial charge >= 0.3 is 5.97 Å². The Morgan fingerprint density at radius 2 is 1.96 bits per heavy atom. The summed E-state index contributed by atoms with van der Waals surface area (Å²) in [5.41, 5.74) is 2.11. The van der Waals surface area contributed by atoms with Gasteiger partial charge in [-0.05, 0) is 31.5 Å². The number of hydrogen-bond donors (Lipinski definition) is 2. The van der Waals surface area contributed by atoms with E-state index in [1.54, 1.807) is 19.1 Å². The first-order chi connectivity index (χ1) is 11.0. The molecule has 0 amide bonds. The number of methoxy groups -OCH3 is 1. The Kier molecular flexibility index (Phi) is 5.71. The number of ether oxygens (including phenoxy) is 1. The van der Waals surface area contributed by atoms with Crippen LogP contribution in [0, 0.1) is 6.92 Å². The van der Waals surface area contributed by atoms with Gasteiger partial charge < -0.3 is 15.2 Å². The Labute approximate surface area is 136 Å². The summed E-state index contributed by atoms with van der Waals surface area (Å²) < 4.78 is 4.70. The third-order valence-corrected chi connectivity index (χ3v) is 3.73. The summed E-state index contributed by atoms with van der Waals surface area (Å²) in [6.07, 6.45) is 0.0219. The first kappa shape index (κ1) is 17.0. The van der Waals surface area contributed by atoms with Crippen LogP contribution in [0.3, 0.4) is 0 Å². The molecule has 0 radical (unpaired) electrons. The summed E-state index contributed by atoms with van der Waals surface area (Å²) in [4.78, 5) is 15.9. The summed E-state index contributed by atoms with van der Waals surface area (Å²) >= 11 is 0. The van der Waals surface area contributed by atoms with Crippen molar-refractivity contribution in [3.8, 4) is 0 Å². The number of carbonyl (C=O) groups excluding carboxylic acids is 1. The largest absolute Gasteiger partial charge is 0.465 e. The third kappa shape index (κ3) is 4.53. The molecule has 23 heavy (non-hydrogen) atoms. The Morgan fingerprint density at radius 3 is 2.57 bits per heavy atom. The van der Waals surface area contributed by atoms with Crippen molar-refractivity contribution < 1.29 is 14.6 Å². The number of aliphatic hydroxyl groups excluding tert-OH is 1. The minimum atomic E-state index is -0.542. The Balaban J connectivity index is 2.00. The van der Waals surface area contributed by atoms with Crippen molar-refractivity contribution in [2.24, 2.45) is 0 Å². The van der Waals surface area contributed by atoms with Crippen molar-refractivity contribution in [1.82, 2.24) is 4.98 Å². The summed E-state index contributed by atoms with van der Waals surface area (Å²) in [5, 5.41) is 13.5. The van der Waals surface area contributed by atoms with Crippen LogP contribution in [-0.4, -0.2) is 35.3 Å². The SMILES string of the molecule is COC(=O)c1ccc(NC(C)C(O)Cc2ccccc2)nc1C. The smallest absolute Gasteiger partial charge is 0.339 e. The Morgan fingerprint density at radius 1 is 1.26 bits per heavy atom. The van der Waals surface area contributed by atoms with Crippen molar-refractivity contribution in [3.63, 3.8) is 0 Å². The fourth-order valence-electron chi connectivity index (χ4n) is 2.33. The van der Waals surface area contributed by atoms with E-state index < -0.39 is 12.1 Å².